The molecule has 2 unspecified atom stereocenters. The first-order chi connectivity index (χ1) is 9.70. The number of anilines is 1. The number of nitrogens with two attached hydrogens (primary N) is 1. The fraction of sp³-hybridized carbons (Fsp3) is 0.538. The van der Waals surface area contributed by atoms with Crippen LogP contribution in [0.15, 0.2) is 18.5 Å². The van der Waals surface area contributed by atoms with Gasteiger partial charge in [-0.25, -0.2) is 4.68 Å². The second-order valence-corrected chi connectivity index (χ2v) is 5.24. The minimum atomic E-state index is 0.143. The summed E-state index contributed by atoms with van der Waals surface area (Å²) < 4.78 is 7.40. The fourth-order valence-corrected chi connectivity index (χ4v) is 2.54. The summed E-state index contributed by atoms with van der Waals surface area (Å²) in [6.07, 6.45) is 8.07. The highest BCUT2D eigenvalue weighted by Gasteiger charge is 2.21. The van der Waals surface area contributed by atoms with Crippen LogP contribution in [-0.4, -0.2) is 30.8 Å². The van der Waals surface area contributed by atoms with E-state index in [9.17, 15) is 0 Å². The molecule has 0 aliphatic heterocycles. The summed E-state index contributed by atoms with van der Waals surface area (Å²) in [5, 5.41) is 4.08. The van der Waals surface area contributed by atoms with Gasteiger partial charge in [0.1, 0.15) is 6.10 Å². The molecule has 1 saturated carbocycles. The van der Waals surface area contributed by atoms with E-state index < -0.39 is 0 Å². The van der Waals surface area contributed by atoms with Gasteiger partial charge in [-0.15, -0.1) is 0 Å². The van der Waals surface area contributed by atoms with Crippen molar-refractivity contribution in [2.45, 2.75) is 38.7 Å². The van der Waals surface area contributed by atoms with Crippen LogP contribution in [0.2, 0.25) is 0 Å². The van der Waals surface area contributed by atoms with E-state index in [-0.39, 0.29) is 18.1 Å². The zero-order valence-electron chi connectivity index (χ0n) is 11.4. The number of hydrogen-bond donors (Lipinski definition) is 1. The normalized spacial score (nSPS) is 22.6. The van der Waals surface area contributed by atoms with E-state index in [1.807, 2.05) is 0 Å². The SMILES string of the molecule is CC1CCCC(Oc2nc(N)nc(-n3cccn3)n2)C1. The lowest BCUT2D eigenvalue weighted by atomic mass is 9.89. The Labute approximate surface area is 117 Å². The Kier molecular flexibility index (Phi) is 3.49. The second kappa shape index (κ2) is 5.44. The largest absolute Gasteiger partial charge is 0.460 e. The number of hydrogen-bond acceptors (Lipinski definition) is 6. The van der Waals surface area contributed by atoms with Crippen molar-refractivity contribution in [2.24, 2.45) is 5.92 Å². The van der Waals surface area contributed by atoms with E-state index in [0.29, 0.717) is 11.9 Å². The minimum absolute atomic E-state index is 0.143. The van der Waals surface area contributed by atoms with E-state index in [4.69, 9.17) is 10.5 Å². The lowest BCUT2D eigenvalue weighted by molar-refractivity contribution is 0.118. The van der Waals surface area contributed by atoms with Crippen LogP contribution in [0.1, 0.15) is 32.6 Å². The van der Waals surface area contributed by atoms with E-state index in [0.717, 1.165) is 12.8 Å². The van der Waals surface area contributed by atoms with Crippen LogP contribution < -0.4 is 10.5 Å². The molecule has 20 heavy (non-hydrogen) atoms. The van der Waals surface area contributed by atoms with E-state index >= 15 is 0 Å². The van der Waals surface area contributed by atoms with E-state index in [1.165, 1.54) is 17.5 Å². The van der Waals surface area contributed by atoms with Crippen molar-refractivity contribution in [1.29, 1.82) is 0 Å². The molecule has 7 nitrogen and oxygen atoms in total. The van der Waals surface area contributed by atoms with Gasteiger partial charge >= 0.3 is 6.01 Å². The summed E-state index contributed by atoms with van der Waals surface area (Å²) in [5.74, 6) is 1.20. The van der Waals surface area contributed by atoms with Crippen molar-refractivity contribution in [1.82, 2.24) is 24.7 Å². The summed E-state index contributed by atoms with van der Waals surface area (Å²) in [4.78, 5) is 12.4. The average Bonchev–Trinajstić information content (AvgIpc) is 2.91. The van der Waals surface area contributed by atoms with Crippen molar-refractivity contribution in [3.63, 3.8) is 0 Å². The number of aromatic nitrogens is 5. The molecule has 1 aliphatic rings. The van der Waals surface area contributed by atoms with Crippen LogP contribution in [0.4, 0.5) is 5.95 Å². The first-order valence-corrected chi connectivity index (χ1v) is 6.89. The van der Waals surface area contributed by atoms with Gasteiger partial charge in [-0.05, 0) is 31.2 Å². The van der Waals surface area contributed by atoms with Crippen molar-refractivity contribution < 1.29 is 4.74 Å². The zero-order chi connectivity index (χ0) is 13.9. The Morgan fingerprint density at radius 1 is 1.30 bits per heavy atom. The van der Waals surface area contributed by atoms with Crippen LogP contribution in [0, 0.1) is 5.92 Å². The maximum atomic E-state index is 5.86. The van der Waals surface area contributed by atoms with Crippen LogP contribution in [-0.2, 0) is 0 Å². The molecule has 1 aliphatic carbocycles. The number of ether oxygens (including phenoxy) is 1. The summed E-state index contributed by atoms with van der Waals surface area (Å²) in [6.45, 7) is 2.24. The molecule has 2 atom stereocenters. The van der Waals surface area contributed by atoms with E-state index in [2.05, 4.69) is 27.0 Å². The summed E-state index contributed by atoms with van der Waals surface area (Å²) in [5.41, 5.74) is 5.71. The molecule has 2 aromatic heterocycles. The van der Waals surface area contributed by atoms with Gasteiger partial charge in [-0.1, -0.05) is 13.3 Å². The van der Waals surface area contributed by atoms with Gasteiger partial charge in [-0.3, -0.25) is 0 Å². The van der Waals surface area contributed by atoms with Crippen molar-refractivity contribution in [2.75, 3.05) is 5.73 Å². The van der Waals surface area contributed by atoms with Gasteiger partial charge in [-0.2, -0.15) is 20.1 Å². The maximum absolute atomic E-state index is 5.86. The molecular formula is C13H18N6O. The number of rotatable bonds is 3. The van der Waals surface area contributed by atoms with Gasteiger partial charge < -0.3 is 10.5 Å². The predicted molar refractivity (Wildman–Crippen MR) is 73.4 cm³/mol. The molecule has 0 amide bonds. The topological polar surface area (TPSA) is 91.7 Å². The average molecular weight is 274 g/mol. The zero-order valence-corrected chi connectivity index (χ0v) is 11.4. The first-order valence-electron chi connectivity index (χ1n) is 6.89. The monoisotopic (exact) mass is 274 g/mol. The summed E-state index contributed by atoms with van der Waals surface area (Å²) in [6, 6.07) is 2.07. The molecule has 7 heteroatoms. The first kappa shape index (κ1) is 12.8. The smallest absolute Gasteiger partial charge is 0.323 e. The lowest BCUT2D eigenvalue weighted by Gasteiger charge is -2.26. The number of nitrogen functional groups attached to an aromatic ring is 1. The Morgan fingerprint density at radius 2 is 2.20 bits per heavy atom. The predicted octanol–water partition coefficient (Wildman–Crippen LogP) is 1.60. The Hall–Kier alpha value is -2.18. The van der Waals surface area contributed by atoms with Gasteiger partial charge in [0, 0.05) is 12.4 Å². The molecule has 1 fully saturated rings. The molecule has 106 valence electrons. The van der Waals surface area contributed by atoms with Gasteiger partial charge in [0.05, 0.1) is 0 Å². The Bertz CT molecular complexity index is 570. The fourth-order valence-electron chi connectivity index (χ4n) is 2.54. The van der Waals surface area contributed by atoms with Crippen molar-refractivity contribution in [3.05, 3.63) is 18.5 Å². The standard InChI is InChI=1S/C13H18N6O/c1-9-4-2-5-10(8-9)20-13-17-11(14)16-12(18-13)19-7-3-6-15-19/h3,6-7,9-10H,2,4-5,8H2,1H3,(H2,14,16,17,18). The quantitative estimate of drug-likeness (QED) is 0.914. The highest BCUT2D eigenvalue weighted by atomic mass is 16.5. The molecule has 2 aromatic rings. The summed E-state index contributed by atoms with van der Waals surface area (Å²) in [7, 11) is 0. The molecule has 0 saturated heterocycles. The molecule has 0 bridgehead atoms. The summed E-state index contributed by atoms with van der Waals surface area (Å²) >= 11 is 0. The van der Waals surface area contributed by atoms with Gasteiger partial charge in [0.2, 0.25) is 5.95 Å². The third kappa shape index (κ3) is 2.87. The molecule has 0 spiro atoms. The molecule has 2 N–H and O–H groups in total. The number of nitrogens with zero attached hydrogens (tertiary/aromatic N) is 5. The second-order valence-electron chi connectivity index (χ2n) is 5.24. The van der Waals surface area contributed by atoms with Crippen LogP contribution in [0.3, 0.4) is 0 Å². The van der Waals surface area contributed by atoms with Crippen LogP contribution >= 0.6 is 0 Å². The van der Waals surface area contributed by atoms with Gasteiger partial charge in [0.25, 0.3) is 5.95 Å². The third-order valence-electron chi connectivity index (χ3n) is 3.49. The van der Waals surface area contributed by atoms with Crippen LogP contribution in [0.5, 0.6) is 6.01 Å². The van der Waals surface area contributed by atoms with Crippen molar-refractivity contribution >= 4 is 5.95 Å². The maximum Gasteiger partial charge on any atom is 0.323 e. The van der Waals surface area contributed by atoms with Crippen molar-refractivity contribution in [3.8, 4) is 12.0 Å². The molecule has 2 heterocycles. The third-order valence-corrected chi connectivity index (χ3v) is 3.49. The van der Waals surface area contributed by atoms with Gasteiger partial charge in [0.15, 0.2) is 0 Å². The molecule has 0 aromatic carbocycles. The Balaban J connectivity index is 1.79. The highest BCUT2D eigenvalue weighted by Crippen LogP contribution is 2.26. The highest BCUT2D eigenvalue weighted by molar-refractivity contribution is 5.24. The molecule has 3 rings (SSSR count). The van der Waals surface area contributed by atoms with Crippen LogP contribution in [0.25, 0.3) is 5.95 Å². The Morgan fingerprint density at radius 3 is 2.95 bits per heavy atom. The van der Waals surface area contributed by atoms with E-state index in [1.54, 1.807) is 18.5 Å². The molecule has 0 radical (unpaired) electrons. The molecular weight excluding hydrogens is 256 g/mol. The lowest BCUT2D eigenvalue weighted by Crippen LogP contribution is -2.25. The minimum Gasteiger partial charge on any atom is -0.460 e.